The number of fused-ring (bicyclic) bond motifs is 1. The zero-order chi connectivity index (χ0) is 17.1. The van der Waals surface area contributed by atoms with Gasteiger partial charge in [-0.05, 0) is 47.0 Å². The van der Waals surface area contributed by atoms with E-state index >= 15 is 0 Å². The van der Waals surface area contributed by atoms with Crippen LogP contribution >= 0.6 is 0 Å². The summed E-state index contributed by atoms with van der Waals surface area (Å²) in [6.07, 6.45) is 0. The Morgan fingerprint density at radius 2 is 2.17 bits per heavy atom. The number of anilines is 1. The number of hydrogen-bond acceptors (Lipinski definition) is 6. The van der Waals surface area contributed by atoms with Gasteiger partial charge in [-0.25, -0.2) is 5.48 Å². The van der Waals surface area contributed by atoms with Crippen molar-refractivity contribution in [1.29, 1.82) is 0 Å². The molecule has 1 unspecified atom stereocenters. The first kappa shape index (κ1) is 16.4. The van der Waals surface area contributed by atoms with Crippen LogP contribution in [0.25, 0.3) is 0 Å². The summed E-state index contributed by atoms with van der Waals surface area (Å²) >= 11 is -2.28. The molecule has 1 aliphatic rings. The lowest BCUT2D eigenvalue weighted by atomic mass is 10.1. The fraction of sp³-hybridized carbons (Fsp3) is 0.188. The summed E-state index contributed by atoms with van der Waals surface area (Å²) in [6, 6.07) is 11.6. The van der Waals surface area contributed by atoms with Crippen LogP contribution in [-0.2, 0) is 17.6 Å². The van der Waals surface area contributed by atoms with Crippen molar-refractivity contribution in [2.45, 2.75) is 11.4 Å². The molecule has 1 heterocycles. The van der Waals surface area contributed by atoms with Crippen molar-refractivity contribution in [2.75, 3.05) is 18.1 Å². The van der Waals surface area contributed by atoms with Gasteiger partial charge in [-0.1, -0.05) is 12.1 Å². The monoisotopic (exact) mass is 347 g/mol. The number of carbonyl (C=O) groups excluding carboxylic acids is 1. The molecule has 0 fully saturated rings. The Bertz CT molecular complexity index is 796. The van der Waals surface area contributed by atoms with Crippen LogP contribution in [0.2, 0.25) is 0 Å². The number of hydroxylamine groups is 1. The lowest BCUT2D eigenvalue weighted by Crippen LogP contribution is -2.32. The highest BCUT2D eigenvalue weighted by Gasteiger charge is 2.20. The number of hydrogen-bond donors (Lipinski definition) is 2. The summed E-state index contributed by atoms with van der Waals surface area (Å²) in [5, 5.41) is 8.77. The minimum atomic E-state index is -2.28. The van der Waals surface area contributed by atoms with Crippen LogP contribution in [-0.4, -0.2) is 33.0 Å². The maximum Gasteiger partial charge on any atom is 0.274 e. The first-order valence-electron chi connectivity index (χ1n) is 7.23. The van der Waals surface area contributed by atoms with Gasteiger partial charge in [0.1, 0.15) is 12.4 Å². The average Bonchev–Trinajstić information content (AvgIpc) is 2.61. The summed E-state index contributed by atoms with van der Waals surface area (Å²) in [7, 11) is 0. The molecule has 0 saturated carbocycles. The standard InChI is InChI=1S/C16H16N2O5S/c19-16(17-20)12-4-5-15-14(9-12)18(6-7-23-15)10-11-2-1-3-13(8-11)24(21)22/h1-5,8-9,20H,6-7,10H2,(H,17,19)(H,21,22)/p-1. The van der Waals surface area contributed by atoms with Crippen molar-refractivity contribution >= 4 is 22.7 Å². The number of rotatable bonds is 4. The molecule has 8 heteroatoms. The van der Waals surface area contributed by atoms with Gasteiger partial charge in [-0.3, -0.25) is 14.2 Å². The molecule has 3 rings (SSSR count). The van der Waals surface area contributed by atoms with Crippen LogP contribution in [0.4, 0.5) is 5.69 Å². The van der Waals surface area contributed by atoms with Crippen molar-refractivity contribution in [2.24, 2.45) is 0 Å². The molecular formula is C16H15N2O5S-. The van der Waals surface area contributed by atoms with Crippen molar-refractivity contribution in [3.05, 3.63) is 53.6 Å². The zero-order valence-electron chi connectivity index (χ0n) is 12.6. The Morgan fingerprint density at radius 1 is 1.33 bits per heavy atom. The van der Waals surface area contributed by atoms with Gasteiger partial charge in [0.15, 0.2) is 0 Å². The number of ether oxygens (including phenoxy) is 1. The quantitative estimate of drug-likeness (QED) is 0.493. The third kappa shape index (κ3) is 3.40. The second-order valence-corrected chi connectivity index (χ2v) is 6.22. The first-order valence-corrected chi connectivity index (χ1v) is 8.30. The fourth-order valence-electron chi connectivity index (χ4n) is 2.61. The van der Waals surface area contributed by atoms with Gasteiger partial charge in [-0.15, -0.1) is 0 Å². The van der Waals surface area contributed by atoms with Crippen LogP contribution in [0.3, 0.4) is 0 Å². The van der Waals surface area contributed by atoms with Crippen molar-refractivity contribution in [3.63, 3.8) is 0 Å². The van der Waals surface area contributed by atoms with Crippen LogP contribution in [0, 0.1) is 0 Å². The molecule has 2 N–H and O–H groups in total. The SMILES string of the molecule is O=C(NO)c1ccc2c(c1)N(Cc1cccc(S(=O)[O-])c1)CCO2. The summed E-state index contributed by atoms with van der Waals surface area (Å²) < 4.78 is 27.8. The predicted molar refractivity (Wildman–Crippen MR) is 85.9 cm³/mol. The largest absolute Gasteiger partial charge is 0.768 e. The number of benzene rings is 2. The second kappa shape index (κ2) is 7.00. The van der Waals surface area contributed by atoms with E-state index in [-0.39, 0.29) is 4.90 Å². The summed E-state index contributed by atoms with van der Waals surface area (Å²) in [4.78, 5) is 13.8. The predicted octanol–water partition coefficient (Wildman–Crippen LogP) is 1.44. The fourth-order valence-corrected chi connectivity index (χ4v) is 3.05. The van der Waals surface area contributed by atoms with Crippen LogP contribution in [0.15, 0.2) is 47.4 Å². The van der Waals surface area contributed by atoms with Crippen LogP contribution in [0.5, 0.6) is 5.75 Å². The number of nitrogens with zero attached hydrogens (tertiary/aromatic N) is 1. The van der Waals surface area contributed by atoms with E-state index in [2.05, 4.69) is 0 Å². The van der Waals surface area contributed by atoms with Crippen molar-refractivity contribution < 1.29 is 23.5 Å². The Labute approximate surface area is 141 Å². The van der Waals surface area contributed by atoms with Gasteiger partial charge in [0.05, 0.1) is 12.2 Å². The molecule has 0 saturated heterocycles. The van der Waals surface area contributed by atoms with E-state index < -0.39 is 17.0 Å². The molecule has 1 atom stereocenters. The van der Waals surface area contributed by atoms with E-state index in [1.165, 1.54) is 6.07 Å². The molecule has 7 nitrogen and oxygen atoms in total. The molecule has 2 aromatic rings. The van der Waals surface area contributed by atoms with Gasteiger partial charge >= 0.3 is 0 Å². The first-order chi connectivity index (χ1) is 11.6. The normalized spacial score (nSPS) is 14.5. The molecular weight excluding hydrogens is 332 g/mol. The van der Waals surface area contributed by atoms with Gasteiger partial charge in [0, 0.05) is 17.0 Å². The van der Waals surface area contributed by atoms with Gasteiger partial charge < -0.3 is 14.2 Å². The third-order valence-corrected chi connectivity index (χ3v) is 4.39. The Balaban J connectivity index is 1.90. The van der Waals surface area contributed by atoms with Crippen molar-refractivity contribution in [3.8, 4) is 5.75 Å². The molecule has 0 spiro atoms. The van der Waals surface area contributed by atoms with E-state index in [4.69, 9.17) is 9.94 Å². The van der Waals surface area contributed by atoms with Gasteiger partial charge in [0.2, 0.25) is 0 Å². The molecule has 2 aromatic carbocycles. The highest BCUT2D eigenvalue weighted by atomic mass is 32.2. The molecule has 126 valence electrons. The number of nitrogens with one attached hydrogen (secondary N) is 1. The number of carbonyl (C=O) groups is 1. The highest BCUT2D eigenvalue weighted by molar-refractivity contribution is 7.79. The molecule has 24 heavy (non-hydrogen) atoms. The maximum absolute atomic E-state index is 11.6. The average molecular weight is 347 g/mol. The minimum absolute atomic E-state index is 0.231. The molecule has 1 amide bonds. The minimum Gasteiger partial charge on any atom is -0.768 e. The Kier molecular flexibility index (Phi) is 4.79. The summed E-state index contributed by atoms with van der Waals surface area (Å²) in [6.45, 7) is 1.57. The smallest absolute Gasteiger partial charge is 0.274 e. The molecule has 0 aliphatic carbocycles. The molecule has 0 aromatic heterocycles. The van der Waals surface area contributed by atoms with E-state index in [9.17, 15) is 13.6 Å². The zero-order valence-corrected chi connectivity index (χ0v) is 13.4. The summed E-state index contributed by atoms with van der Waals surface area (Å²) in [5.74, 6) is 0.0337. The van der Waals surface area contributed by atoms with Gasteiger partial charge in [-0.2, -0.15) is 0 Å². The van der Waals surface area contributed by atoms with Gasteiger partial charge in [0.25, 0.3) is 5.91 Å². The van der Waals surface area contributed by atoms with E-state index in [1.54, 1.807) is 35.8 Å². The topological polar surface area (TPSA) is 102 Å². The lowest BCUT2D eigenvalue weighted by Gasteiger charge is -2.31. The molecule has 0 bridgehead atoms. The molecule has 0 radical (unpaired) electrons. The van der Waals surface area contributed by atoms with Crippen molar-refractivity contribution in [1.82, 2.24) is 5.48 Å². The van der Waals surface area contributed by atoms with Crippen LogP contribution < -0.4 is 15.1 Å². The molecule has 1 aliphatic heterocycles. The third-order valence-electron chi connectivity index (χ3n) is 3.75. The number of amides is 1. The Morgan fingerprint density at radius 3 is 2.92 bits per heavy atom. The van der Waals surface area contributed by atoms with E-state index in [0.717, 1.165) is 11.3 Å². The Hall–Kier alpha value is -2.42. The van der Waals surface area contributed by atoms with E-state index in [1.807, 2.05) is 11.0 Å². The van der Waals surface area contributed by atoms with E-state index in [0.29, 0.717) is 31.0 Å². The maximum atomic E-state index is 11.6. The highest BCUT2D eigenvalue weighted by Crippen LogP contribution is 2.33. The second-order valence-electron chi connectivity index (χ2n) is 5.28. The lowest BCUT2D eigenvalue weighted by molar-refractivity contribution is 0.0706. The summed E-state index contributed by atoms with van der Waals surface area (Å²) in [5.41, 5.74) is 3.47. The van der Waals surface area contributed by atoms with Crippen LogP contribution in [0.1, 0.15) is 15.9 Å².